The van der Waals surface area contributed by atoms with E-state index in [-0.39, 0.29) is 28.6 Å². The number of hydrogen-bond acceptors (Lipinski definition) is 4. The number of nitrogens with zero attached hydrogens (tertiary/aromatic N) is 1. The molecule has 1 amide bonds. The Labute approximate surface area is 165 Å². The first kappa shape index (κ1) is 19.4. The highest BCUT2D eigenvalue weighted by molar-refractivity contribution is 7.89. The van der Waals surface area contributed by atoms with Gasteiger partial charge in [-0.05, 0) is 74.6 Å². The lowest BCUT2D eigenvalue weighted by Crippen LogP contribution is -2.32. The van der Waals surface area contributed by atoms with E-state index in [2.05, 4.69) is 4.72 Å². The Kier molecular flexibility index (Phi) is 5.18. The number of carbonyl (C=O) groups is 2. The van der Waals surface area contributed by atoms with Crippen LogP contribution in [0.4, 0.5) is 5.69 Å². The van der Waals surface area contributed by atoms with Gasteiger partial charge in [0.1, 0.15) is 0 Å². The van der Waals surface area contributed by atoms with Crippen molar-refractivity contribution in [2.45, 2.75) is 49.8 Å². The van der Waals surface area contributed by atoms with Gasteiger partial charge in [0, 0.05) is 24.7 Å². The van der Waals surface area contributed by atoms with E-state index in [1.165, 1.54) is 0 Å². The highest BCUT2D eigenvalue weighted by Gasteiger charge is 2.36. The largest absolute Gasteiger partial charge is 0.481 e. The summed E-state index contributed by atoms with van der Waals surface area (Å²) in [6.07, 6.45) is 5.24. The van der Waals surface area contributed by atoms with Crippen molar-refractivity contribution in [2.75, 3.05) is 18.0 Å². The fraction of sp³-hybridized carbons (Fsp3) is 0.600. The number of nitrogens with one attached hydrogen (secondary N) is 1. The van der Waals surface area contributed by atoms with Gasteiger partial charge in [-0.1, -0.05) is 0 Å². The summed E-state index contributed by atoms with van der Waals surface area (Å²) >= 11 is 0. The van der Waals surface area contributed by atoms with Gasteiger partial charge in [-0.2, -0.15) is 0 Å². The van der Waals surface area contributed by atoms with Crippen LogP contribution in [-0.2, 0) is 26.0 Å². The molecular weight excluding hydrogens is 380 g/mol. The summed E-state index contributed by atoms with van der Waals surface area (Å²) in [5, 5.41) is 9.06. The van der Waals surface area contributed by atoms with Crippen molar-refractivity contribution >= 4 is 27.6 Å². The van der Waals surface area contributed by atoms with Crippen molar-refractivity contribution in [1.82, 2.24) is 4.72 Å². The second kappa shape index (κ2) is 7.48. The van der Waals surface area contributed by atoms with Crippen LogP contribution in [0, 0.1) is 17.8 Å². The number of carboxylic acid groups (broad SMARTS) is 1. The molecule has 1 heterocycles. The maximum Gasteiger partial charge on any atom is 0.306 e. The summed E-state index contributed by atoms with van der Waals surface area (Å²) in [6, 6.07) is 5.00. The summed E-state index contributed by atoms with van der Waals surface area (Å²) in [4.78, 5) is 25.4. The van der Waals surface area contributed by atoms with Gasteiger partial charge in [0.2, 0.25) is 15.9 Å². The first-order chi connectivity index (χ1) is 13.3. The third-order valence-electron chi connectivity index (χ3n) is 6.21. The summed E-state index contributed by atoms with van der Waals surface area (Å²) in [5.41, 5.74) is 1.74. The average Bonchev–Trinajstić information content (AvgIpc) is 3.45. The van der Waals surface area contributed by atoms with Gasteiger partial charge in [0.05, 0.1) is 10.8 Å². The number of fused-ring (bicyclic) bond motifs is 1. The topological polar surface area (TPSA) is 104 Å². The predicted molar refractivity (Wildman–Crippen MR) is 103 cm³/mol. The summed E-state index contributed by atoms with van der Waals surface area (Å²) in [5.74, 6) is -0.583. The van der Waals surface area contributed by atoms with E-state index in [4.69, 9.17) is 5.11 Å². The van der Waals surface area contributed by atoms with Crippen LogP contribution < -0.4 is 9.62 Å². The van der Waals surface area contributed by atoms with Crippen molar-refractivity contribution < 1.29 is 23.1 Å². The van der Waals surface area contributed by atoms with E-state index < -0.39 is 16.0 Å². The molecule has 2 fully saturated rings. The first-order valence-electron chi connectivity index (χ1n) is 10.0. The molecule has 4 rings (SSSR count). The van der Waals surface area contributed by atoms with Gasteiger partial charge in [-0.25, -0.2) is 13.1 Å². The predicted octanol–water partition coefficient (Wildman–Crippen LogP) is 2.16. The molecule has 2 aliphatic carbocycles. The molecule has 0 bridgehead atoms. The fourth-order valence-electron chi connectivity index (χ4n) is 4.25. The normalized spacial score (nSPS) is 24.8. The number of carbonyl (C=O) groups excluding carboxylic acids is 1. The molecule has 0 saturated heterocycles. The molecule has 0 aromatic heterocycles. The number of carboxylic acids is 1. The van der Waals surface area contributed by atoms with Crippen LogP contribution in [0.25, 0.3) is 0 Å². The van der Waals surface area contributed by atoms with Crippen LogP contribution >= 0.6 is 0 Å². The van der Waals surface area contributed by atoms with Gasteiger partial charge in [0.25, 0.3) is 0 Å². The molecule has 7 nitrogen and oxygen atoms in total. The minimum absolute atomic E-state index is 0.146. The third kappa shape index (κ3) is 3.93. The molecule has 0 spiro atoms. The second-order valence-corrected chi connectivity index (χ2v) is 9.98. The SMILES string of the molecule is O=C(O)C1CCC(CNS(=O)(=O)c2ccc3c(c2)CCN3C(=O)C2CC2)CC1. The van der Waals surface area contributed by atoms with E-state index in [9.17, 15) is 18.0 Å². The lowest BCUT2D eigenvalue weighted by molar-refractivity contribution is -0.143. The Morgan fingerprint density at radius 3 is 2.39 bits per heavy atom. The Hall–Kier alpha value is -1.93. The summed E-state index contributed by atoms with van der Waals surface area (Å²) in [7, 11) is -3.62. The molecule has 0 atom stereocenters. The molecule has 3 aliphatic rings. The monoisotopic (exact) mass is 406 g/mol. The molecule has 2 saturated carbocycles. The number of anilines is 1. The number of hydrogen-bond donors (Lipinski definition) is 2. The second-order valence-electron chi connectivity index (χ2n) is 8.21. The highest BCUT2D eigenvalue weighted by Crippen LogP contribution is 2.37. The zero-order chi connectivity index (χ0) is 19.9. The summed E-state index contributed by atoms with van der Waals surface area (Å²) in [6.45, 7) is 0.951. The lowest BCUT2D eigenvalue weighted by Gasteiger charge is -2.26. The van der Waals surface area contributed by atoms with Crippen LogP contribution in [0.1, 0.15) is 44.1 Å². The lowest BCUT2D eigenvalue weighted by atomic mass is 9.82. The Morgan fingerprint density at radius 2 is 1.75 bits per heavy atom. The maximum absolute atomic E-state index is 12.7. The smallest absolute Gasteiger partial charge is 0.306 e. The van der Waals surface area contributed by atoms with E-state index in [1.54, 1.807) is 23.1 Å². The molecule has 28 heavy (non-hydrogen) atoms. The molecule has 152 valence electrons. The molecule has 1 aliphatic heterocycles. The van der Waals surface area contributed by atoms with Crippen molar-refractivity contribution in [3.05, 3.63) is 23.8 Å². The summed E-state index contributed by atoms with van der Waals surface area (Å²) < 4.78 is 28.1. The number of rotatable bonds is 6. The van der Waals surface area contributed by atoms with Crippen molar-refractivity contribution in [2.24, 2.45) is 17.8 Å². The van der Waals surface area contributed by atoms with E-state index in [0.29, 0.717) is 32.4 Å². The Bertz CT molecular complexity index is 886. The van der Waals surface area contributed by atoms with Crippen LogP contribution in [0.15, 0.2) is 23.1 Å². The van der Waals surface area contributed by atoms with Crippen LogP contribution in [-0.4, -0.2) is 38.5 Å². The van der Waals surface area contributed by atoms with Crippen molar-refractivity contribution in [3.8, 4) is 0 Å². The number of benzene rings is 1. The third-order valence-corrected chi connectivity index (χ3v) is 7.63. The van der Waals surface area contributed by atoms with Gasteiger partial charge >= 0.3 is 5.97 Å². The molecule has 0 radical (unpaired) electrons. The number of sulfonamides is 1. The van der Waals surface area contributed by atoms with Crippen LogP contribution in [0.2, 0.25) is 0 Å². The first-order valence-corrected chi connectivity index (χ1v) is 11.5. The minimum atomic E-state index is -3.62. The molecule has 0 unspecified atom stereocenters. The van der Waals surface area contributed by atoms with Crippen molar-refractivity contribution in [3.63, 3.8) is 0 Å². The van der Waals surface area contributed by atoms with Gasteiger partial charge < -0.3 is 10.0 Å². The van der Waals surface area contributed by atoms with Crippen LogP contribution in [0.3, 0.4) is 0 Å². The van der Waals surface area contributed by atoms with Gasteiger partial charge in [-0.15, -0.1) is 0 Å². The molecule has 2 N–H and O–H groups in total. The highest BCUT2D eigenvalue weighted by atomic mass is 32.2. The number of aliphatic carboxylic acids is 1. The standard InChI is InChI=1S/C20H26N2O5S/c23-19(14-5-6-14)22-10-9-16-11-17(7-8-18(16)22)28(26,27)21-12-13-1-3-15(4-2-13)20(24)25/h7-8,11,13-15,21H,1-6,9-10,12H2,(H,24,25). The molecule has 8 heteroatoms. The van der Waals surface area contributed by atoms with Crippen LogP contribution in [0.5, 0.6) is 0 Å². The average molecular weight is 407 g/mol. The van der Waals surface area contributed by atoms with E-state index in [1.807, 2.05) is 0 Å². The van der Waals surface area contributed by atoms with E-state index >= 15 is 0 Å². The Balaban J connectivity index is 1.38. The quantitative estimate of drug-likeness (QED) is 0.753. The molecular formula is C20H26N2O5S. The van der Waals surface area contributed by atoms with E-state index in [0.717, 1.165) is 36.9 Å². The van der Waals surface area contributed by atoms with Crippen molar-refractivity contribution in [1.29, 1.82) is 0 Å². The minimum Gasteiger partial charge on any atom is -0.481 e. The maximum atomic E-state index is 12.7. The number of amides is 1. The fourth-order valence-corrected chi connectivity index (χ4v) is 5.42. The molecule has 1 aromatic carbocycles. The van der Waals surface area contributed by atoms with Gasteiger partial charge in [0.15, 0.2) is 0 Å². The zero-order valence-electron chi connectivity index (χ0n) is 15.8. The van der Waals surface area contributed by atoms with Gasteiger partial charge in [-0.3, -0.25) is 9.59 Å². The zero-order valence-corrected chi connectivity index (χ0v) is 16.6. The Morgan fingerprint density at radius 1 is 1.07 bits per heavy atom. The molecule has 1 aromatic rings.